The summed E-state index contributed by atoms with van der Waals surface area (Å²) in [5.41, 5.74) is -1.25. The van der Waals surface area contributed by atoms with Gasteiger partial charge in [0.05, 0.1) is 0 Å². The van der Waals surface area contributed by atoms with E-state index in [1.807, 2.05) is 0 Å². The van der Waals surface area contributed by atoms with Gasteiger partial charge in [-0.1, -0.05) is 32.9 Å². The van der Waals surface area contributed by atoms with Gasteiger partial charge in [-0.3, -0.25) is 0 Å². The van der Waals surface area contributed by atoms with Crippen LogP contribution < -0.4 is 0 Å². The van der Waals surface area contributed by atoms with Crippen molar-refractivity contribution >= 4 is 5.97 Å². The quantitative estimate of drug-likeness (QED) is 0.849. The number of halogens is 1. The third-order valence-corrected chi connectivity index (χ3v) is 3.25. The minimum atomic E-state index is -1.85. The maximum absolute atomic E-state index is 12.8. The maximum Gasteiger partial charge on any atom is 0.336 e. The SMILES string of the molecule is CC(C)C(O)(C(=O)O)C(C)c1ccc(F)cc1. The zero-order valence-electron chi connectivity index (χ0n) is 10.1. The molecule has 0 aliphatic rings. The first-order valence-electron chi connectivity index (χ1n) is 5.51. The average Bonchev–Trinajstić information content (AvgIpc) is 2.27. The highest BCUT2D eigenvalue weighted by Crippen LogP contribution is 2.34. The van der Waals surface area contributed by atoms with Crippen molar-refractivity contribution in [3.63, 3.8) is 0 Å². The number of hydrogen-bond acceptors (Lipinski definition) is 2. The van der Waals surface area contributed by atoms with Crippen LogP contribution in [0.25, 0.3) is 0 Å². The molecule has 17 heavy (non-hydrogen) atoms. The lowest BCUT2D eigenvalue weighted by Gasteiger charge is -2.33. The summed E-state index contributed by atoms with van der Waals surface area (Å²) in [6.45, 7) is 4.92. The third-order valence-electron chi connectivity index (χ3n) is 3.25. The first-order valence-corrected chi connectivity index (χ1v) is 5.51. The molecule has 3 nitrogen and oxygen atoms in total. The van der Waals surface area contributed by atoms with Gasteiger partial charge in [-0.2, -0.15) is 0 Å². The molecular formula is C13H17FO3. The maximum atomic E-state index is 12.8. The molecule has 0 aliphatic carbocycles. The summed E-state index contributed by atoms with van der Waals surface area (Å²) in [6, 6.07) is 5.51. The van der Waals surface area contributed by atoms with Crippen LogP contribution in [-0.4, -0.2) is 21.8 Å². The van der Waals surface area contributed by atoms with Gasteiger partial charge in [-0.25, -0.2) is 9.18 Å². The fourth-order valence-corrected chi connectivity index (χ4v) is 1.94. The Morgan fingerprint density at radius 2 is 1.71 bits per heavy atom. The molecule has 1 aromatic carbocycles. The second-order valence-corrected chi connectivity index (χ2v) is 4.56. The summed E-state index contributed by atoms with van der Waals surface area (Å²) in [7, 11) is 0. The average molecular weight is 240 g/mol. The smallest absolute Gasteiger partial charge is 0.336 e. The fourth-order valence-electron chi connectivity index (χ4n) is 1.94. The number of carboxylic acid groups (broad SMARTS) is 1. The molecule has 1 rings (SSSR count). The van der Waals surface area contributed by atoms with Gasteiger partial charge in [0.2, 0.25) is 0 Å². The first kappa shape index (κ1) is 13.6. The third kappa shape index (κ3) is 2.47. The van der Waals surface area contributed by atoms with Crippen molar-refractivity contribution in [2.45, 2.75) is 32.3 Å². The standard InChI is InChI=1S/C13H17FO3/c1-8(2)13(17,12(15)16)9(3)10-4-6-11(14)7-5-10/h4-9,17H,1-3H3,(H,15,16). The van der Waals surface area contributed by atoms with E-state index in [1.54, 1.807) is 20.8 Å². The van der Waals surface area contributed by atoms with Gasteiger partial charge in [-0.05, 0) is 23.6 Å². The van der Waals surface area contributed by atoms with E-state index in [2.05, 4.69) is 0 Å². The highest BCUT2D eigenvalue weighted by Gasteiger charge is 2.45. The van der Waals surface area contributed by atoms with E-state index in [9.17, 15) is 14.3 Å². The molecule has 0 spiro atoms. The number of benzene rings is 1. The van der Waals surface area contributed by atoms with Gasteiger partial charge in [0.1, 0.15) is 5.82 Å². The number of carboxylic acids is 1. The molecule has 0 saturated carbocycles. The van der Waals surface area contributed by atoms with Crippen LogP contribution in [0.2, 0.25) is 0 Å². The molecular weight excluding hydrogens is 223 g/mol. The normalized spacial score (nSPS) is 16.6. The van der Waals surface area contributed by atoms with Gasteiger partial charge in [0, 0.05) is 5.92 Å². The van der Waals surface area contributed by atoms with Crippen LogP contribution in [0.5, 0.6) is 0 Å². The largest absolute Gasteiger partial charge is 0.479 e. The number of aliphatic hydroxyl groups is 1. The molecule has 0 fully saturated rings. The van der Waals surface area contributed by atoms with Crippen LogP contribution in [0, 0.1) is 11.7 Å². The molecule has 0 aromatic heterocycles. The Bertz CT molecular complexity index is 400. The van der Waals surface area contributed by atoms with Crippen molar-refractivity contribution in [3.8, 4) is 0 Å². The van der Waals surface area contributed by atoms with Crippen LogP contribution in [0.4, 0.5) is 4.39 Å². The summed E-state index contributed by atoms with van der Waals surface area (Å²) in [5.74, 6) is -2.70. The minimum Gasteiger partial charge on any atom is -0.479 e. The van der Waals surface area contributed by atoms with E-state index in [4.69, 9.17) is 5.11 Å². The molecule has 0 bridgehead atoms. The van der Waals surface area contributed by atoms with Crippen molar-refractivity contribution in [2.24, 2.45) is 5.92 Å². The molecule has 94 valence electrons. The minimum absolute atomic E-state index is 0.385. The number of aliphatic carboxylic acids is 1. The molecule has 0 heterocycles. The molecule has 2 unspecified atom stereocenters. The summed E-state index contributed by atoms with van der Waals surface area (Å²) in [6.07, 6.45) is 0. The Hall–Kier alpha value is -1.42. The van der Waals surface area contributed by atoms with Crippen LogP contribution in [0.15, 0.2) is 24.3 Å². The predicted octanol–water partition coefficient (Wildman–Crippen LogP) is 2.40. The van der Waals surface area contributed by atoms with Crippen LogP contribution >= 0.6 is 0 Å². The van der Waals surface area contributed by atoms with Crippen molar-refractivity contribution in [1.82, 2.24) is 0 Å². The Kier molecular flexibility index (Phi) is 3.88. The molecule has 4 heteroatoms. The molecule has 0 saturated heterocycles. The van der Waals surface area contributed by atoms with E-state index >= 15 is 0 Å². The van der Waals surface area contributed by atoms with Gasteiger partial charge in [0.25, 0.3) is 0 Å². The Balaban J connectivity index is 3.13. The summed E-state index contributed by atoms with van der Waals surface area (Å²) >= 11 is 0. The summed E-state index contributed by atoms with van der Waals surface area (Å²) < 4.78 is 12.8. The van der Waals surface area contributed by atoms with Gasteiger partial charge in [-0.15, -0.1) is 0 Å². The Labute approximate surface area is 99.9 Å². The molecule has 2 N–H and O–H groups in total. The van der Waals surface area contributed by atoms with Gasteiger partial charge >= 0.3 is 5.97 Å². The summed E-state index contributed by atoms with van der Waals surface area (Å²) in [4.78, 5) is 11.2. The molecule has 0 radical (unpaired) electrons. The van der Waals surface area contributed by atoms with E-state index in [0.29, 0.717) is 5.56 Å². The van der Waals surface area contributed by atoms with Crippen molar-refractivity contribution in [1.29, 1.82) is 0 Å². The Morgan fingerprint density at radius 1 is 1.24 bits per heavy atom. The molecule has 1 aromatic rings. The van der Waals surface area contributed by atoms with Gasteiger partial charge in [0.15, 0.2) is 5.60 Å². The lowest BCUT2D eigenvalue weighted by atomic mass is 9.76. The highest BCUT2D eigenvalue weighted by molar-refractivity contribution is 5.79. The monoisotopic (exact) mass is 240 g/mol. The van der Waals surface area contributed by atoms with E-state index in [0.717, 1.165) is 0 Å². The fraction of sp³-hybridized carbons (Fsp3) is 0.462. The zero-order chi connectivity index (χ0) is 13.2. The van der Waals surface area contributed by atoms with Crippen LogP contribution in [0.3, 0.4) is 0 Å². The topological polar surface area (TPSA) is 57.5 Å². The predicted molar refractivity (Wildman–Crippen MR) is 62.2 cm³/mol. The van der Waals surface area contributed by atoms with E-state index < -0.39 is 23.4 Å². The number of rotatable bonds is 4. The molecule has 0 amide bonds. The lowest BCUT2D eigenvalue weighted by molar-refractivity contribution is -0.166. The lowest BCUT2D eigenvalue weighted by Crippen LogP contribution is -2.48. The van der Waals surface area contributed by atoms with Crippen LogP contribution in [0.1, 0.15) is 32.3 Å². The second-order valence-electron chi connectivity index (χ2n) is 4.56. The Morgan fingerprint density at radius 3 is 2.06 bits per heavy atom. The zero-order valence-corrected chi connectivity index (χ0v) is 10.1. The van der Waals surface area contributed by atoms with Gasteiger partial charge < -0.3 is 10.2 Å². The van der Waals surface area contributed by atoms with Crippen molar-refractivity contribution in [2.75, 3.05) is 0 Å². The summed E-state index contributed by atoms with van der Waals surface area (Å²) in [5, 5.41) is 19.4. The van der Waals surface area contributed by atoms with E-state index in [1.165, 1.54) is 24.3 Å². The highest BCUT2D eigenvalue weighted by atomic mass is 19.1. The van der Waals surface area contributed by atoms with Crippen LogP contribution in [-0.2, 0) is 4.79 Å². The number of hydrogen-bond donors (Lipinski definition) is 2. The van der Waals surface area contributed by atoms with Crippen molar-refractivity contribution in [3.05, 3.63) is 35.6 Å². The first-order chi connectivity index (χ1) is 7.80. The van der Waals surface area contributed by atoms with E-state index in [-0.39, 0.29) is 5.82 Å². The van der Waals surface area contributed by atoms with Crippen molar-refractivity contribution < 1.29 is 19.4 Å². The number of carbonyl (C=O) groups is 1. The molecule has 2 atom stereocenters. The second kappa shape index (κ2) is 4.84. The molecule has 0 aliphatic heterocycles.